The minimum absolute atomic E-state index is 0.0648. The first kappa shape index (κ1) is 21.8. The van der Waals surface area contributed by atoms with Crippen LogP contribution in [0.3, 0.4) is 0 Å². The smallest absolute Gasteiger partial charge is 0.230 e. The Morgan fingerprint density at radius 3 is 2.48 bits per heavy atom. The minimum Gasteiger partial charge on any atom is -0.323 e. The second-order valence-electron chi connectivity index (χ2n) is 10.0. The van der Waals surface area contributed by atoms with Gasteiger partial charge < -0.3 is 10.2 Å². The standard InChI is InChI=1S/C26H36N4O/c1-15-7-10-23-22(11-15)12-16(2)14-30(23)26-27-19(5)25(20(6)28-26)29-24(31)13-17(3)18(4)21-8-9-21/h7,10-11,16-18,21H,8-9,12-14H2,1-6H3,(H,29,31). The number of hydrogen-bond acceptors (Lipinski definition) is 4. The summed E-state index contributed by atoms with van der Waals surface area (Å²) in [6.07, 6.45) is 4.27. The molecule has 5 heteroatoms. The minimum atomic E-state index is 0.0648. The van der Waals surface area contributed by atoms with Gasteiger partial charge in [-0.1, -0.05) is 38.5 Å². The van der Waals surface area contributed by atoms with E-state index in [4.69, 9.17) is 9.97 Å². The van der Waals surface area contributed by atoms with Crippen molar-refractivity contribution in [2.75, 3.05) is 16.8 Å². The number of fused-ring (bicyclic) bond motifs is 1. The first-order valence-corrected chi connectivity index (χ1v) is 11.7. The van der Waals surface area contributed by atoms with Crippen LogP contribution in [0.5, 0.6) is 0 Å². The second kappa shape index (κ2) is 8.60. The summed E-state index contributed by atoms with van der Waals surface area (Å²) in [6.45, 7) is 13.7. The van der Waals surface area contributed by atoms with Crippen LogP contribution in [-0.4, -0.2) is 22.4 Å². The lowest BCUT2D eigenvalue weighted by Crippen LogP contribution is -2.32. The van der Waals surface area contributed by atoms with Gasteiger partial charge in [0, 0.05) is 18.7 Å². The Kier molecular flexibility index (Phi) is 6.05. The molecule has 31 heavy (non-hydrogen) atoms. The summed E-state index contributed by atoms with van der Waals surface area (Å²) in [5.74, 6) is 3.13. The monoisotopic (exact) mass is 420 g/mol. The molecule has 1 fully saturated rings. The van der Waals surface area contributed by atoms with Crippen LogP contribution >= 0.6 is 0 Å². The topological polar surface area (TPSA) is 58.1 Å². The predicted octanol–water partition coefficient (Wildman–Crippen LogP) is 5.74. The van der Waals surface area contributed by atoms with Crippen molar-refractivity contribution in [2.24, 2.45) is 23.7 Å². The van der Waals surface area contributed by atoms with Crippen molar-refractivity contribution in [3.63, 3.8) is 0 Å². The normalized spacial score (nSPS) is 20.2. The van der Waals surface area contributed by atoms with Crippen molar-refractivity contribution >= 4 is 23.2 Å². The number of anilines is 3. The Morgan fingerprint density at radius 1 is 1.16 bits per heavy atom. The number of aromatic nitrogens is 2. The highest BCUT2D eigenvalue weighted by Gasteiger charge is 2.32. The summed E-state index contributed by atoms with van der Waals surface area (Å²) < 4.78 is 0. The number of amides is 1. The highest BCUT2D eigenvalue weighted by molar-refractivity contribution is 5.92. The third-order valence-corrected chi connectivity index (χ3v) is 7.12. The fourth-order valence-electron chi connectivity index (χ4n) is 4.94. The van der Waals surface area contributed by atoms with Crippen molar-refractivity contribution in [3.05, 3.63) is 40.7 Å². The number of benzene rings is 1. The van der Waals surface area contributed by atoms with E-state index >= 15 is 0 Å². The highest BCUT2D eigenvalue weighted by Crippen LogP contribution is 2.41. The van der Waals surface area contributed by atoms with Crippen molar-refractivity contribution in [1.29, 1.82) is 0 Å². The summed E-state index contributed by atoms with van der Waals surface area (Å²) in [6, 6.07) is 6.61. The molecule has 1 N–H and O–H groups in total. The third kappa shape index (κ3) is 4.76. The van der Waals surface area contributed by atoms with Gasteiger partial charge in [-0.05, 0) is 75.3 Å². The van der Waals surface area contributed by atoms with Crippen LogP contribution in [0.1, 0.15) is 62.5 Å². The summed E-state index contributed by atoms with van der Waals surface area (Å²) in [5, 5.41) is 3.11. The number of rotatable bonds is 6. The molecule has 1 aliphatic heterocycles. The molecule has 0 saturated heterocycles. The van der Waals surface area contributed by atoms with Crippen LogP contribution in [0, 0.1) is 44.4 Å². The molecule has 4 rings (SSSR count). The van der Waals surface area contributed by atoms with Crippen molar-refractivity contribution in [2.45, 2.75) is 67.2 Å². The molecule has 3 unspecified atom stereocenters. The molecule has 2 aromatic rings. The van der Waals surface area contributed by atoms with E-state index in [1.165, 1.54) is 29.7 Å². The van der Waals surface area contributed by atoms with Gasteiger partial charge in [0.25, 0.3) is 0 Å². The fraction of sp³-hybridized carbons (Fsp3) is 0.577. The Morgan fingerprint density at radius 2 is 1.84 bits per heavy atom. The SMILES string of the molecule is Cc1ccc2c(c1)CC(C)CN2c1nc(C)c(NC(=O)CC(C)C(C)C2CC2)c(C)n1. The highest BCUT2D eigenvalue weighted by atomic mass is 16.1. The van der Waals surface area contributed by atoms with Gasteiger partial charge in [0.2, 0.25) is 11.9 Å². The predicted molar refractivity (Wildman–Crippen MR) is 127 cm³/mol. The number of hydrogen-bond donors (Lipinski definition) is 1. The number of nitrogens with zero attached hydrogens (tertiary/aromatic N) is 3. The molecule has 1 aliphatic carbocycles. The van der Waals surface area contributed by atoms with E-state index in [2.05, 4.69) is 56.1 Å². The van der Waals surface area contributed by atoms with E-state index in [1.54, 1.807) is 0 Å². The average molecular weight is 421 g/mol. The Hall–Kier alpha value is -2.43. The van der Waals surface area contributed by atoms with Crippen LogP contribution < -0.4 is 10.2 Å². The maximum Gasteiger partial charge on any atom is 0.230 e. The summed E-state index contributed by atoms with van der Waals surface area (Å²) >= 11 is 0. The summed E-state index contributed by atoms with van der Waals surface area (Å²) in [7, 11) is 0. The van der Waals surface area contributed by atoms with Crippen molar-refractivity contribution in [1.82, 2.24) is 9.97 Å². The van der Waals surface area contributed by atoms with E-state index in [-0.39, 0.29) is 5.91 Å². The fourth-order valence-corrected chi connectivity index (χ4v) is 4.94. The Balaban J connectivity index is 1.53. The maximum absolute atomic E-state index is 12.7. The first-order chi connectivity index (χ1) is 14.7. The molecule has 3 atom stereocenters. The Bertz CT molecular complexity index is 958. The van der Waals surface area contributed by atoms with Gasteiger partial charge in [0.05, 0.1) is 17.1 Å². The molecule has 1 saturated carbocycles. The van der Waals surface area contributed by atoms with Crippen LogP contribution in [0.2, 0.25) is 0 Å². The van der Waals surface area contributed by atoms with Gasteiger partial charge >= 0.3 is 0 Å². The van der Waals surface area contributed by atoms with E-state index < -0.39 is 0 Å². The van der Waals surface area contributed by atoms with Gasteiger partial charge in [-0.15, -0.1) is 0 Å². The first-order valence-electron chi connectivity index (χ1n) is 11.7. The lowest BCUT2D eigenvalue weighted by molar-refractivity contribution is -0.117. The van der Waals surface area contributed by atoms with Crippen LogP contribution in [0.15, 0.2) is 18.2 Å². The summed E-state index contributed by atoms with van der Waals surface area (Å²) in [4.78, 5) is 24.6. The molecule has 2 aliphatic rings. The zero-order valence-electron chi connectivity index (χ0n) is 19.8. The van der Waals surface area contributed by atoms with Gasteiger partial charge in [-0.2, -0.15) is 0 Å². The average Bonchev–Trinajstić information content (AvgIpc) is 3.54. The maximum atomic E-state index is 12.7. The molecule has 0 bridgehead atoms. The molecule has 1 aromatic carbocycles. The zero-order chi connectivity index (χ0) is 22.3. The number of carbonyl (C=O) groups is 1. The van der Waals surface area contributed by atoms with Crippen LogP contribution in [0.4, 0.5) is 17.3 Å². The molecule has 1 amide bonds. The molecule has 2 heterocycles. The lowest BCUT2D eigenvalue weighted by Gasteiger charge is -2.34. The lowest BCUT2D eigenvalue weighted by atomic mass is 9.88. The van der Waals surface area contributed by atoms with Crippen molar-refractivity contribution in [3.8, 4) is 0 Å². The number of carbonyl (C=O) groups excluding carboxylic acids is 1. The van der Waals surface area contributed by atoms with Gasteiger partial charge in [-0.25, -0.2) is 9.97 Å². The van der Waals surface area contributed by atoms with Gasteiger partial charge in [-0.3, -0.25) is 4.79 Å². The van der Waals surface area contributed by atoms with E-state index in [0.717, 1.165) is 41.9 Å². The van der Waals surface area contributed by atoms with E-state index in [1.807, 2.05) is 13.8 Å². The molecular weight excluding hydrogens is 384 g/mol. The second-order valence-corrected chi connectivity index (χ2v) is 10.0. The number of aryl methyl sites for hydroxylation is 3. The van der Waals surface area contributed by atoms with E-state index in [9.17, 15) is 4.79 Å². The molecule has 5 nitrogen and oxygen atoms in total. The Labute approximate surface area is 186 Å². The van der Waals surface area contributed by atoms with Crippen LogP contribution in [0.25, 0.3) is 0 Å². The van der Waals surface area contributed by atoms with Gasteiger partial charge in [0.15, 0.2) is 0 Å². The molecule has 1 aromatic heterocycles. The zero-order valence-corrected chi connectivity index (χ0v) is 19.8. The molecule has 0 radical (unpaired) electrons. The van der Waals surface area contributed by atoms with Crippen LogP contribution in [-0.2, 0) is 11.2 Å². The third-order valence-electron chi connectivity index (χ3n) is 7.12. The largest absolute Gasteiger partial charge is 0.323 e. The molecule has 0 spiro atoms. The molecule has 166 valence electrons. The van der Waals surface area contributed by atoms with Crippen molar-refractivity contribution < 1.29 is 4.79 Å². The quantitative estimate of drug-likeness (QED) is 0.647. The van der Waals surface area contributed by atoms with Gasteiger partial charge in [0.1, 0.15) is 0 Å². The molecular formula is C26H36N4O. The number of nitrogens with one attached hydrogen (secondary N) is 1. The van der Waals surface area contributed by atoms with E-state index in [0.29, 0.717) is 24.2 Å². The summed E-state index contributed by atoms with van der Waals surface area (Å²) in [5.41, 5.74) is 6.24.